The summed E-state index contributed by atoms with van der Waals surface area (Å²) in [5.74, 6) is 1.81. The summed E-state index contributed by atoms with van der Waals surface area (Å²) in [5.41, 5.74) is 1.24. The van der Waals surface area contributed by atoms with E-state index in [1.54, 1.807) is 0 Å². The zero-order valence-electron chi connectivity index (χ0n) is 15.3. The van der Waals surface area contributed by atoms with Gasteiger partial charge in [-0.05, 0) is 50.0 Å². The van der Waals surface area contributed by atoms with Crippen molar-refractivity contribution in [3.05, 3.63) is 34.3 Å². The second-order valence-corrected chi connectivity index (χ2v) is 7.30. The van der Waals surface area contributed by atoms with E-state index in [9.17, 15) is 0 Å². The zero-order chi connectivity index (χ0) is 17.4. The minimum Gasteiger partial charge on any atom is -0.357 e. The van der Waals surface area contributed by atoms with Gasteiger partial charge in [0.25, 0.3) is 0 Å². The fourth-order valence-electron chi connectivity index (χ4n) is 3.20. The third kappa shape index (κ3) is 5.78. The van der Waals surface area contributed by atoms with Gasteiger partial charge in [0, 0.05) is 30.7 Å². The molecule has 134 valence electrons. The standard InChI is InChI=1S/C19H31BrN4/c1-4-21-19(22-13-16-7-9-18(20)10-8-16)24-12-11-17(15-24)14-23(5-2)6-3/h7-10,17H,4-6,11-15H2,1-3H3,(H,21,22). The lowest BCUT2D eigenvalue weighted by molar-refractivity contribution is 0.255. The molecule has 1 N–H and O–H groups in total. The fraction of sp³-hybridized carbons (Fsp3) is 0.632. The number of hydrogen-bond acceptors (Lipinski definition) is 2. The molecule has 0 bridgehead atoms. The summed E-state index contributed by atoms with van der Waals surface area (Å²) in [5, 5.41) is 3.46. The first-order valence-electron chi connectivity index (χ1n) is 9.16. The lowest BCUT2D eigenvalue weighted by atomic mass is 10.1. The summed E-state index contributed by atoms with van der Waals surface area (Å²) < 4.78 is 1.11. The molecule has 0 aromatic heterocycles. The summed E-state index contributed by atoms with van der Waals surface area (Å²) in [7, 11) is 0. The van der Waals surface area contributed by atoms with Crippen LogP contribution < -0.4 is 5.32 Å². The van der Waals surface area contributed by atoms with Crippen molar-refractivity contribution < 1.29 is 0 Å². The number of hydrogen-bond donors (Lipinski definition) is 1. The molecule has 1 aliphatic rings. The van der Waals surface area contributed by atoms with Crippen molar-refractivity contribution in [2.45, 2.75) is 33.7 Å². The third-order valence-corrected chi connectivity index (χ3v) is 5.18. The molecule has 1 saturated heterocycles. The second-order valence-electron chi connectivity index (χ2n) is 6.38. The van der Waals surface area contributed by atoms with Crippen LogP contribution in [0.25, 0.3) is 0 Å². The molecule has 1 heterocycles. The molecule has 0 aliphatic carbocycles. The molecule has 1 aliphatic heterocycles. The highest BCUT2D eigenvalue weighted by molar-refractivity contribution is 9.10. The molecule has 1 atom stereocenters. The second kappa shape index (κ2) is 10.0. The highest BCUT2D eigenvalue weighted by Crippen LogP contribution is 2.18. The molecule has 24 heavy (non-hydrogen) atoms. The first-order chi connectivity index (χ1) is 11.7. The lowest BCUT2D eigenvalue weighted by Gasteiger charge is -2.24. The van der Waals surface area contributed by atoms with Crippen LogP contribution in [-0.4, -0.2) is 55.0 Å². The Balaban J connectivity index is 1.94. The Morgan fingerprint density at radius 2 is 1.96 bits per heavy atom. The molecule has 0 amide bonds. The minimum absolute atomic E-state index is 0.729. The van der Waals surface area contributed by atoms with Crippen LogP contribution in [0.3, 0.4) is 0 Å². The third-order valence-electron chi connectivity index (χ3n) is 4.66. The number of likely N-dealkylation sites (tertiary alicyclic amines) is 1. The Morgan fingerprint density at radius 1 is 1.25 bits per heavy atom. The van der Waals surface area contributed by atoms with E-state index in [1.165, 1.54) is 18.5 Å². The van der Waals surface area contributed by atoms with Crippen LogP contribution in [0.5, 0.6) is 0 Å². The first kappa shape index (κ1) is 19.3. The van der Waals surface area contributed by atoms with Gasteiger partial charge in [0.15, 0.2) is 5.96 Å². The maximum absolute atomic E-state index is 4.85. The molecule has 0 spiro atoms. The summed E-state index contributed by atoms with van der Waals surface area (Å²) in [6.45, 7) is 14.0. The molecule has 1 aromatic carbocycles. The summed E-state index contributed by atoms with van der Waals surface area (Å²) in [6.07, 6.45) is 1.26. The molecular formula is C19H31BrN4. The molecule has 1 unspecified atom stereocenters. The molecule has 1 fully saturated rings. The molecule has 0 radical (unpaired) electrons. The van der Waals surface area contributed by atoms with E-state index in [0.29, 0.717) is 0 Å². The fourth-order valence-corrected chi connectivity index (χ4v) is 3.47. The Labute approximate surface area is 155 Å². The van der Waals surface area contributed by atoms with E-state index in [2.05, 4.69) is 76.1 Å². The number of nitrogens with one attached hydrogen (secondary N) is 1. The predicted octanol–water partition coefficient (Wildman–Crippen LogP) is 3.58. The average Bonchev–Trinajstić information content (AvgIpc) is 3.06. The molecule has 4 nitrogen and oxygen atoms in total. The van der Waals surface area contributed by atoms with E-state index in [-0.39, 0.29) is 0 Å². The number of halogens is 1. The van der Waals surface area contributed by atoms with Gasteiger partial charge in [-0.3, -0.25) is 0 Å². The van der Waals surface area contributed by atoms with Gasteiger partial charge in [0.05, 0.1) is 6.54 Å². The summed E-state index contributed by atoms with van der Waals surface area (Å²) >= 11 is 3.48. The van der Waals surface area contributed by atoms with E-state index in [0.717, 1.165) is 55.6 Å². The maximum Gasteiger partial charge on any atom is 0.194 e. The SMILES string of the molecule is CCNC(=NCc1ccc(Br)cc1)N1CCC(CN(CC)CC)C1. The largest absolute Gasteiger partial charge is 0.357 e. The Bertz CT molecular complexity index is 511. The van der Waals surface area contributed by atoms with E-state index in [1.807, 2.05) is 0 Å². The van der Waals surface area contributed by atoms with E-state index < -0.39 is 0 Å². The van der Waals surface area contributed by atoms with E-state index in [4.69, 9.17) is 4.99 Å². The maximum atomic E-state index is 4.85. The van der Waals surface area contributed by atoms with Gasteiger partial charge >= 0.3 is 0 Å². The van der Waals surface area contributed by atoms with Gasteiger partial charge in [0.1, 0.15) is 0 Å². The Hall–Kier alpha value is -1.07. The minimum atomic E-state index is 0.729. The molecule has 2 rings (SSSR count). The predicted molar refractivity (Wildman–Crippen MR) is 106 cm³/mol. The van der Waals surface area contributed by atoms with Crippen molar-refractivity contribution in [2.24, 2.45) is 10.9 Å². The highest BCUT2D eigenvalue weighted by atomic mass is 79.9. The number of guanidine groups is 1. The Morgan fingerprint density at radius 3 is 2.58 bits per heavy atom. The summed E-state index contributed by atoms with van der Waals surface area (Å²) in [6, 6.07) is 8.41. The number of benzene rings is 1. The van der Waals surface area contributed by atoms with Crippen LogP contribution in [0.2, 0.25) is 0 Å². The van der Waals surface area contributed by atoms with Crippen molar-refractivity contribution in [1.29, 1.82) is 0 Å². The zero-order valence-corrected chi connectivity index (χ0v) is 16.8. The van der Waals surface area contributed by atoms with Gasteiger partial charge in [-0.2, -0.15) is 0 Å². The van der Waals surface area contributed by atoms with Crippen molar-refractivity contribution in [2.75, 3.05) is 39.3 Å². The van der Waals surface area contributed by atoms with Crippen LogP contribution in [0.1, 0.15) is 32.8 Å². The molecule has 5 heteroatoms. The van der Waals surface area contributed by atoms with Gasteiger partial charge in [-0.25, -0.2) is 4.99 Å². The molecular weight excluding hydrogens is 364 g/mol. The number of aliphatic imine (C=N–C) groups is 1. The average molecular weight is 395 g/mol. The topological polar surface area (TPSA) is 30.9 Å². The quantitative estimate of drug-likeness (QED) is 0.566. The van der Waals surface area contributed by atoms with Crippen molar-refractivity contribution in [1.82, 2.24) is 15.1 Å². The van der Waals surface area contributed by atoms with Gasteiger partial charge in [0.2, 0.25) is 0 Å². The van der Waals surface area contributed by atoms with Crippen molar-refractivity contribution in [3.8, 4) is 0 Å². The van der Waals surface area contributed by atoms with E-state index >= 15 is 0 Å². The van der Waals surface area contributed by atoms with Crippen LogP contribution in [0, 0.1) is 5.92 Å². The van der Waals surface area contributed by atoms with Crippen molar-refractivity contribution in [3.63, 3.8) is 0 Å². The number of nitrogens with zero attached hydrogens (tertiary/aromatic N) is 3. The van der Waals surface area contributed by atoms with Crippen LogP contribution in [0.4, 0.5) is 0 Å². The van der Waals surface area contributed by atoms with Gasteiger partial charge in [-0.15, -0.1) is 0 Å². The van der Waals surface area contributed by atoms with Gasteiger partial charge < -0.3 is 15.1 Å². The summed E-state index contributed by atoms with van der Waals surface area (Å²) in [4.78, 5) is 9.81. The highest BCUT2D eigenvalue weighted by Gasteiger charge is 2.25. The Kier molecular flexibility index (Phi) is 8.06. The van der Waals surface area contributed by atoms with Crippen LogP contribution in [0.15, 0.2) is 33.7 Å². The van der Waals surface area contributed by atoms with Crippen LogP contribution >= 0.6 is 15.9 Å². The van der Waals surface area contributed by atoms with Crippen LogP contribution in [-0.2, 0) is 6.54 Å². The number of rotatable bonds is 7. The smallest absolute Gasteiger partial charge is 0.194 e. The lowest BCUT2D eigenvalue weighted by Crippen LogP contribution is -2.40. The monoisotopic (exact) mass is 394 g/mol. The van der Waals surface area contributed by atoms with Crippen molar-refractivity contribution >= 4 is 21.9 Å². The van der Waals surface area contributed by atoms with Gasteiger partial charge in [-0.1, -0.05) is 41.9 Å². The normalized spacial score (nSPS) is 18.5. The first-order valence-corrected chi connectivity index (χ1v) is 9.95. The molecule has 1 aromatic rings. The molecule has 0 saturated carbocycles.